The number of nitrogens with zero attached hydrogens (tertiary/aromatic N) is 1. The number of hydrogen-bond donors (Lipinski definition) is 3. The standard InChI is InChI=1S/C24H30BrN3O5/c25-16-13-24-18(17(19(16)33-24)21(30)26-14-7-3-1-4-8-14)23(32)28(11-12-29)20(24)22(31)27-15-9-5-2-6-10-15/h1,3-4,7-8,15-20,29H,2,5-6,9-13H2,(H,26,30)(H,27,31)/t16?,17-,18+,19-,20?,24?/m1/s1. The van der Waals surface area contributed by atoms with Gasteiger partial charge >= 0.3 is 0 Å². The summed E-state index contributed by atoms with van der Waals surface area (Å²) in [6, 6.07) is 8.34. The van der Waals surface area contributed by atoms with E-state index in [2.05, 4.69) is 26.6 Å². The summed E-state index contributed by atoms with van der Waals surface area (Å²) in [5, 5.41) is 15.7. The van der Waals surface area contributed by atoms with Crippen LogP contribution in [0.1, 0.15) is 38.5 Å². The molecule has 3 aliphatic heterocycles. The van der Waals surface area contributed by atoms with Gasteiger partial charge in [0.05, 0.1) is 24.5 Å². The number of amides is 3. The molecular weight excluding hydrogens is 490 g/mol. The van der Waals surface area contributed by atoms with Crippen molar-refractivity contribution in [2.75, 3.05) is 18.5 Å². The first kappa shape index (κ1) is 22.8. The number of nitrogens with one attached hydrogen (secondary N) is 2. The highest BCUT2D eigenvalue weighted by atomic mass is 79.9. The summed E-state index contributed by atoms with van der Waals surface area (Å²) < 4.78 is 6.42. The van der Waals surface area contributed by atoms with Crippen molar-refractivity contribution in [2.45, 2.75) is 67.1 Å². The molecule has 3 N–H and O–H groups in total. The van der Waals surface area contributed by atoms with Crippen molar-refractivity contribution in [2.24, 2.45) is 11.8 Å². The lowest BCUT2D eigenvalue weighted by molar-refractivity contribution is -0.142. The number of halogens is 1. The molecule has 4 fully saturated rings. The zero-order valence-corrected chi connectivity index (χ0v) is 20.0. The Morgan fingerprint density at radius 3 is 2.58 bits per heavy atom. The number of para-hydroxylation sites is 1. The van der Waals surface area contributed by atoms with E-state index in [-0.39, 0.29) is 41.7 Å². The highest BCUT2D eigenvalue weighted by Crippen LogP contribution is 2.60. The lowest BCUT2D eigenvalue weighted by atomic mass is 9.70. The lowest BCUT2D eigenvalue weighted by Gasteiger charge is -2.35. The number of aliphatic hydroxyl groups is 1. The van der Waals surface area contributed by atoms with Crippen molar-refractivity contribution in [3.05, 3.63) is 30.3 Å². The molecule has 3 heterocycles. The van der Waals surface area contributed by atoms with Crippen molar-refractivity contribution in [3.63, 3.8) is 0 Å². The molecule has 2 bridgehead atoms. The second kappa shape index (κ2) is 9.00. The second-order valence-electron chi connectivity index (χ2n) is 9.62. The zero-order chi connectivity index (χ0) is 23.2. The van der Waals surface area contributed by atoms with Crippen LogP contribution in [0.3, 0.4) is 0 Å². The Bertz CT molecular complexity index is 924. The predicted molar refractivity (Wildman–Crippen MR) is 125 cm³/mol. The van der Waals surface area contributed by atoms with Crippen LogP contribution in [0.5, 0.6) is 0 Å². The molecular formula is C24H30BrN3O5. The maximum Gasteiger partial charge on any atom is 0.246 e. The molecule has 178 valence electrons. The van der Waals surface area contributed by atoms with E-state index in [1.807, 2.05) is 18.2 Å². The number of fused-ring (bicyclic) bond motifs is 1. The summed E-state index contributed by atoms with van der Waals surface area (Å²) in [4.78, 5) is 41.8. The average molecular weight is 520 g/mol. The summed E-state index contributed by atoms with van der Waals surface area (Å²) in [5.41, 5.74) is -0.433. The minimum Gasteiger partial charge on any atom is -0.395 e. The van der Waals surface area contributed by atoms with E-state index in [9.17, 15) is 19.5 Å². The topological polar surface area (TPSA) is 108 Å². The molecule has 1 saturated carbocycles. The first-order chi connectivity index (χ1) is 16.0. The minimum absolute atomic E-state index is 0.0356. The normalized spacial score (nSPS) is 35.5. The molecule has 9 heteroatoms. The van der Waals surface area contributed by atoms with Gasteiger partial charge in [0, 0.05) is 23.1 Å². The van der Waals surface area contributed by atoms with Crippen LogP contribution < -0.4 is 10.6 Å². The number of likely N-dealkylation sites (tertiary alicyclic amines) is 1. The Hall–Kier alpha value is -1.97. The minimum atomic E-state index is -1.08. The second-order valence-corrected chi connectivity index (χ2v) is 10.8. The third kappa shape index (κ3) is 3.78. The Morgan fingerprint density at radius 1 is 1.15 bits per heavy atom. The quantitative estimate of drug-likeness (QED) is 0.496. The van der Waals surface area contributed by atoms with Crippen LogP contribution >= 0.6 is 15.9 Å². The monoisotopic (exact) mass is 519 g/mol. The van der Waals surface area contributed by atoms with Gasteiger partial charge in [0.2, 0.25) is 17.7 Å². The Labute approximate surface area is 201 Å². The summed E-state index contributed by atoms with van der Waals surface area (Å²) in [6.07, 6.45) is 5.15. The van der Waals surface area contributed by atoms with Crippen LogP contribution in [-0.4, -0.2) is 69.5 Å². The maximum absolute atomic E-state index is 13.6. The molecule has 33 heavy (non-hydrogen) atoms. The van der Waals surface area contributed by atoms with Gasteiger partial charge < -0.3 is 25.4 Å². The SMILES string of the molecule is O=C(NC1CCCCC1)C1N(CCO)C(=O)[C@@H]2[C@@H](C(=O)Nc3ccccc3)[C@@H]3OC12CC3Br. The fourth-order valence-corrected chi connectivity index (χ4v) is 7.29. The van der Waals surface area contributed by atoms with E-state index >= 15 is 0 Å². The lowest BCUT2D eigenvalue weighted by Crippen LogP contribution is -2.57. The summed E-state index contributed by atoms with van der Waals surface area (Å²) >= 11 is 3.66. The first-order valence-corrected chi connectivity index (χ1v) is 12.8. The van der Waals surface area contributed by atoms with E-state index in [0.717, 1.165) is 25.7 Å². The zero-order valence-electron chi connectivity index (χ0n) is 18.4. The van der Waals surface area contributed by atoms with E-state index < -0.39 is 29.6 Å². The van der Waals surface area contributed by atoms with Crippen LogP contribution in [0.25, 0.3) is 0 Å². The third-order valence-corrected chi connectivity index (χ3v) is 8.52. The van der Waals surface area contributed by atoms with Gasteiger partial charge in [0.25, 0.3) is 0 Å². The highest BCUT2D eigenvalue weighted by molar-refractivity contribution is 9.09. The number of hydrogen-bond acceptors (Lipinski definition) is 5. The van der Waals surface area contributed by atoms with Gasteiger partial charge in [0.1, 0.15) is 11.6 Å². The molecule has 6 atom stereocenters. The molecule has 1 aliphatic carbocycles. The Balaban J connectivity index is 1.45. The van der Waals surface area contributed by atoms with E-state index in [0.29, 0.717) is 12.1 Å². The number of ether oxygens (including phenoxy) is 1. The van der Waals surface area contributed by atoms with Crippen molar-refractivity contribution in [3.8, 4) is 0 Å². The summed E-state index contributed by atoms with van der Waals surface area (Å²) in [6.45, 7) is -0.225. The molecule has 0 aromatic heterocycles. The van der Waals surface area contributed by atoms with Crippen molar-refractivity contribution < 1.29 is 24.2 Å². The number of carbonyl (C=O) groups is 3. The van der Waals surface area contributed by atoms with Gasteiger partial charge in [-0.3, -0.25) is 14.4 Å². The largest absolute Gasteiger partial charge is 0.395 e. The van der Waals surface area contributed by atoms with Gasteiger partial charge in [-0.25, -0.2) is 0 Å². The average Bonchev–Trinajstić information content (AvgIpc) is 3.39. The third-order valence-electron chi connectivity index (χ3n) is 7.67. The molecule has 8 nitrogen and oxygen atoms in total. The van der Waals surface area contributed by atoms with Gasteiger partial charge in [0.15, 0.2) is 0 Å². The maximum atomic E-state index is 13.6. The van der Waals surface area contributed by atoms with Crippen LogP contribution in [-0.2, 0) is 19.1 Å². The first-order valence-electron chi connectivity index (χ1n) is 11.9. The van der Waals surface area contributed by atoms with Crippen LogP contribution in [0.4, 0.5) is 5.69 Å². The summed E-state index contributed by atoms with van der Waals surface area (Å²) in [7, 11) is 0. The fraction of sp³-hybridized carbons (Fsp3) is 0.625. The van der Waals surface area contributed by atoms with Gasteiger partial charge in [-0.05, 0) is 31.4 Å². The molecule has 3 saturated heterocycles. The highest BCUT2D eigenvalue weighted by Gasteiger charge is 2.76. The smallest absolute Gasteiger partial charge is 0.246 e. The number of β-amino-alcohol motifs (C(OH)–C–C–N with tert-alkyl or cyclic N) is 1. The number of carbonyl (C=O) groups excluding carboxylic acids is 3. The van der Waals surface area contributed by atoms with Crippen LogP contribution in [0.2, 0.25) is 0 Å². The van der Waals surface area contributed by atoms with Crippen molar-refractivity contribution in [1.82, 2.24) is 10.2 Å². The van der Waals surface area contributed by atoms with Crippen LogP contribution in [0.15, 0.2) is 30.3 Å². The number of rotatable bonds is 6. The fourth-order valence-electron chi connectivity index (χ4n) is 6.35. The van der Waals surface area contributed by atoms with E-state index in [4.69, 9.17) is 4.74 Å². The molecule has 3 amide bonds. The van der Waals surface area contributed by atoms with E-state index in [1.54, 1.807) is 12.1 Å². The molecule has 1 aromatic carbocycles. The molecule has 4 aliphatic rings. The van der Waals surface area contributed by atoms with Crippen LogP contribution in [0, 0.1) is 11.8 Å². The number of benzene rings is 1. The predicted octanol–water partition coefficient (Wildman–Crippen LogP) is 1.81. The number of anilines is 1. The molecule has 1 aromatic rings. The van der Waals surface area contributed by atoms with Crippen molar-refractivity contribution >= 4 is 39.3 Å². The number of alkyl halides is 1. The van der Waals surface area contributed by atoms with E-state index in [1.165, 1.54) is 11.3 Å². The van der Waals surface area contributed by atoms with Crippen molar-refractivity contribution in [1.29, 1.82) is 0 Å². The number of aliphatic hydroxyl groups excluding tert-OH is 1. The summed E-state index contributed by atoms with van der Waals surface area (Å²) in [5.74, 6) is -2.29. The van der Waals surface area contributed by atoms with Gasteiger partial charge in [-0.2, -0.15) is 0 Å². The van der Waals surface area contributed by atoms with Gasteiger partial charge in [-0.15, -0.1) is 0 Å². The molecule has 5 rings (SSSR count). The molecule has 1 spiro atoms. The molecule has 3 unspecified atom stereocenters. The Morgan fingerprint density at radius 2 is 1.88 bits per heavy atom. The molecule has 0 radical (unpaired) electrons. The van der Waals surface area contributed by atoms with Gasteiger partial charge in [-0.1, -0.05) is 53.4 Å². The Kier molecular flexibility index (Phi) is 6.22.